The molecule has 0 unspecified atom stereocenters. The first-order valence-corrected chi connectivity index (χ1v) is 8.48. The highest BCUT2D eigenvalue weighted by Gasteiger charge is 2.39. The fraction of sp³-hybridized carbons (Fsp3) is 0.316. The summed E-state index contributed by atoms with van der Waals surface area (Å²) in [6.45, 7) is 1.40. The van der Waals surface area contributed by atoms with Crippen molar-refractivity contribution in [2.45, 2.75) is 31.7 Å². The first-order valence-electron chi connectivity index (χ1n) is 8.48. The molecular formula is C19H16F7NO3. The zero-order valence-corrected chi connectivity index (χ0v) is 15.4. The van der Waals surface area contributed by atoms with Gasteiger partial charge in [-0.1, -0.05) is 6.07 Å². The summed E-state index contributed by atoms with van der Waals surface area (Å²) >= 11 is 0. The summed E-state index contributed by atoms with van der Waals surface area (Å²) in [5.74, 6) is -3.72. The number of carbonyl (C=O) groups excluding carboxylic acids is 1. The van der Waals surface area contributed by atoms with E-state index in [4.69, 9.17) is 5.73 Å². The number of benzene rings is 2. The smallest absolute Gasteiger partial charge is 0.419 e. The molecule has 11 heteroatoms. The van der Waals surface area contributed by atoms with Gasteiger partial charge in [0.05, 0.1) is 24.2 Å². The minimum Gasteiger partial charge on any atom is -0.507 e. The largest absolute Gasteiger partial charge is 0.507 e. The maximum absolute atomic E-state index is 14.5. The van der Waals surface area contributed by atoms with Gasteiger partial charge in [-0.05, 0) is 36.8 Å². The van der Waals surface area contributed by atoms with Crippen molar-refractivity contribution >= 4 is 5.97 Å². The van der Waals surface area contributed by atoms with Gasteiger partial charge in [0.2, 0.25) is 0 Å². The highest BCUT2D eigenvalue weighted by molar-refractivity contribution is 5.76. The monoisotopic (exact) mass is 439 g/mol. The van der Waals surface area contributed by atoms with Crippen molar-refractivity contribution in [2.24, 2.45) is 5.73 Å². The van der Waals surface area contributed by atoms with Crippen molar-refractivity contribution in [3.63, 3.8) is 0 Å². The normalized spacial score (nSPS) is 13.2. The first kappa shape index (κ1) is 23.5. The fourth-order valence-electron chi connectivity index (χ4n) is 2.86. The standard InChI is InChI=1S/C19H16F7NO3/c1-2-30-15(29)8-13(27)10-6-9(7-12(17(10)20)19(24,25)26)16-11(18(21,22)23)4-3-5-14(16)28/h3-7,13,28H,2,8,27H2,1H3/t13-/m0/s1. The molecule has 0 heterocycles. The second-order valence-electron chi connectivity index (χ2n) is 6.24. The molecule has 2 aromatic carbocycles. The number of hydrogen-bond acceptors (Lipinski definition) is 4. The van der Waals surface area contributed by atoms with E-state index in [1.165, 1.54) is 6.92 Å². The molecule has 0 amide bonds. The highest BCUT2D eigenvalue weighted by atomic mass is 19.4. The van der Waals surface area contributed by atoms with Gasteiger partial charge in [0.25, 0.3) is 0 Å². The third-order valence-electron chi connectivity index (χ3n) is 4.13. The summed E-state index contributed by atoms with van der Waals surface area (Å²) in [5, 5.41) is 9.94. The average molecular weight is 439 g/mol. The lowest BCUT2D eigenvalue weighted by atomic mass is 9.91. The topological polar surface area (TPSA) is 72.5 Å². The summed E-state index contributed by atoms with van der Waals surface area (Å²) in [7, 11) is 0. The van der Waals surface area contributed by atoms with Crippen LogP contribution in [0.25, 0.3) is 11.1 Å². The van der Waals surface area contributed by atoms with Crippen LogP contribution in [0.3, 0.4) is 0 Å². The van der Waals surface area contributed by atoms with Crippen molar-refractivity contribution in [3.05, 3.63) is 52.8 Å². The van der Waals surface area contributed by atoms with Crippen LogP contribution in [0.1, 0.15) is 36.1 Å². The molecule has 0 aromatic heterocycles. The fourth-order valence-corrected chi connectivity index (χ4v) is 2.86. The van der Waals surface area contributed by atoms with Crippen LogP contribution < -0.4 is 5.73 Å². The van der Waals surface area contributed by atoms with Gasteiger partial charge in [-0.25, -0.2) is 4.39 Å². The molecule has 3 N–H and O–H groups in total. The van der Waals surface area contributed by atoms with Gasteiger partial charge in [0.1, 0.15) is 11.6 Å². The minimum absolute atomic E-state index is 0.0608. The van der Waals surface area contributed by atoms with Crippen LogP contribution in [0, 0.1) is 5.82 Å². The molecule has 0 saturated carbocycles. The zero-order chi connectivity index (χ0) is 22.9. The molecule has 0 spiro atoms. The van der Waals surface area contributed by atoms with E-state index < -0.39 is 70.2 Å². The molecule has 0 saturated heterocycles. The minimum atomic E-state index is -5.28. The number of phenols is 1. The molecule has 0 aliphatic rings. The summed E-state index contributed by atoms with van der Waals surface area (Å²) < 4.78 is 99.3. The number of ether oxygens (including phenoxy) is 1. The Bertz CT molecular complexity index is 939. The van der Waals surface area contributed by atoms with E-state index in [1.807, 2.05) is 0 Å². The van der Waals surface area contributed by atoms with Crippen LogP contribution in [0.5, 0.6) is 5.75 Å². The number of esters is 1. The summed E-state index contributed by atoms with van der Waals surface area (Å²) in [5.41, 5.74) is -0.229. The van der Waals surface area contributed by atoms with Crippen LogP contribution in [0.2, 0.25) is 0 Å². The van der Waals surface area contributed by atoms with Gasteiger partial charge in [0, 0.05) is 17.2 Å². The number of halogens is 7. The Morgan fingerprint density at radius 2 is 1.70 bits per heavy atom. The number of nitrogens with two attached hydrogens (primary N) is 1. The third kappa shape index (κ3) is 5.02. The Morgan fingerprint density at radius 3 is 2.23 bits per heavy atom. The van der Waals surface area contributed by atoms with Crippen LogP contribution in [0.4, 0.5) is 30.7 Å². The van der Waals surface area contributed by atoms with E-state index >= 15 is 0 Å². The molecule has 0 radical (unpaired) electrons. The summed E-state index contributed by atoms with van der Waals surface area (Å²) in [6.07, 6.45) is -11.0. The van der Waals surface area contributed by atoms with E-state index in [0.717, 1.165) is 12.1 Å². The molecule has 30 heavy (non-hydrogen) atoms. The van der Waals surface area contributed by atoms with Gasteiger partial charge in [-0.15, -0.1) is 0 Å². The molecule has 0 aliphatic carbocycles. The molecule has 0 aliphatic heterocycles. The first-order chi connectivity index (χ1) is 13.8. The van der Waals surface area contributed by atoms with E-state index in [-0.39, 0.29) is 12.7 Å². The number of alkyl halides is 6. The number of carbonyl (C=O) groups is 1. The Morgan fingerprint density at radius 1 is 1.10 bits per heavy atom. The van der Waals surface area contributed by atoms with Crippen LogP contribution >= 0.6 is 0 Å². The van der Waals surface area contributed by atoms with Crippen molar-refractivity contribution in [1.29, 1.82) is 0 Å². The second-order valence-corrected chi connectivity index (χ2v) is 6.24. The number of rotatable bonds is 5. The lowest BCUT2D eigenvalue weighted by molar-refractivity contribution is -0.143. The summed E-state index contributed by atoms with van der Waals surface area (Å²) in [6, 6.07) is 1.44. The maximum Gasteiger partial charge on any atom is 0.419 e. The lowest BCUT2D eigenvalue weighted by Crippen LogP contribution is -2.21. The molecule has 2 aromatic rings. The third-order valence-corrected chi connectivity index (χ3v) is 4.13. The molecule has 164 valence electrons. The van der Waals surface area contributed by atoms with Crippen LogP contribution in [-0.4, -0.2) is 17.7 Å². The Labute approximate surface area is 166 Å². The van der Waals surface area contributed by atoms with Crippen LogP contribution in [-0.2, 0) is 21.9 Å². The average Bonchev–Trinajstić information content (AvgIpc) is 2.60. The van der Waals surface area contributed by atoms with E-state index in [2.05, 4.69) is 4.74 Å². The molecule has 1 atom stereocenters. The van der Waals surface area contributed by atoms with Gasteiger partial charge in [-0.2, -0.15) is 26.3 Å². The Balaban J connectivity index is 2.76. The number of aromatic hydroxyl groups is 1. The predicted molar refractivity (Wildman–Crippen MR) is 91.7 cm³/mol. The molecule has 4 nitrogen and oxygen atoms in total. The summed E-state index contributed by atoms with van der Waals surface area (Å²) in [4.78, 5) is 11.6. The Kier molecular flexibility index (Phi) is 6.65. The quantitative estimate of drug-likeness (QED) is 0.497. The van der Waals surface area contributed by atoms with Crippen molar-refractivity contribution in [2.75, 3.05) is 6.61 Å². The second kappa shape index (κ2) is 8.50. The maximum atomic E-state index is 14.5. The highest BCUT2D eigenvalue weighted by Crippen LogP contribution is 2.44. The SMILES string of the molecule is CCOC(=O)C[C@H](N)c1cc(-c2c(O)cccc2C(F)(F)F)cc(C(F)(F)F)c1F. The van der Waals surface area contributed by atoms with Crippen molar-refractivity contribution in [1.82, 2.24) is 0 Å². The van der Waals surface area contributed by atoms with E-state index in [1.54, 1.807) is 0 Å². The van der Waals surface area contributed by atoms with Gasteiger partial charge < -0.3 is 15.6 Å². The molecular weight excluding hydrogens is 423 g/mol. The number of phenolic OH excluding ortho intramolecular Hbond substituents is 1. The van der Waals surface area contributed by atoms with Crippen molar-refractivity contribution < 1.29 is 45.4 Å². The van der Waals surface area contributed by atoms with E-state index in [0.29, 0.717) is 12.1 Å². The van der Waals surface area contributed by atoms with E-state index in [9.17, 15) is 40.6 Å². The predicted octanol–water partition coefficient (Wildman–Crippen LogP) is 5.19. The molecule has 0 fully saturated rings. The number of hydrogen-bond donors (Lipinski definition) is 2. The van der Waals surface area contributed by atoms with Crippen molar-refractivity contribution in [3.8, 4) is 16.9 Å². The zero-order valence-electron chi connectivity index (χ0n) is 15.4. The van der Waals surface area contributed by atoms with Gasteiger partial charge in [0.15, 0.2) is 0 Å². The molecule has 0 bridgehead atoms. The van der Waals surface area contributed by atoms with Gasteiger partial charge in [-0.3, -0.25) is 4.79 Å². The Hall–Kier alpha value is -2.82. The van der Waals surface area contributed by atoms with Crippen LogP contribution in [0.15, 0.2) is 30.3 Å². The molecule has 2 rings (SSSR count). The lowest BCUT2D eigenvalue weighted by Gasteiger charge is -2.20. The van der Waals surface area contributed by atoms with Gasteiger partial charge >= 0.3 is 18.3 Å².